The number of carbonyl (C=O) groups excluding carboxylic acids is 1. The molecule has 1 amide bonds. The number of ether oxygens (including phenoxy) is 1. The largest absolute Gasteiger partial charge is 0.492 e. The van der Waals surface area contributed by atoms with Crippen LogP contribution in [0.1, 0.15) is 23.7 Å². The van der Waals surface area contributed by atoms with Crippen molar-refractivity contribution in [2.75, 3.05) is 18.1 Å². The number of amides is 1. The molecule has 32 heavy (non-hydrogen) atoms. The van der Waals surface area contributed by atoms with E-state index in [0.717, 1.165) is 33.9 Å². The lowest BCUT2D eigenvalue weighted by Crippen LogP contribution is -2.25. The molecule has 3 aromatic carbocycles. The zero-order valence-electron chi connectivity index (χ0n) is 17.9. The molecule has 0 saturated carbocycles. The van der Waals surface area contributed by atoms with Gasteiger partial charge in [-0.1, -0.05) is 48.0 Å². The average Bonchev–Trinajstić information content (AvgIpc) is 3.37. The maximum absolute atomic E-state index is 13.0. The van der Waals surface area contributed by atoms with E-state index in [4.69, 9.17) is 21.3 Å². The summed E-state index contributed by atoms with van der Waals surface area (Å²) in [4.78, 5) is 19.7. The Morgan fingerprint density at radius 1 is 1.06 bits per heavy atom. The lowest BCUT2D eigenvalue weighted by atomic mass is 10.1. The van der Waals surface area contributed by atoms with E-state index in [9.17, 15) is 4.79 Å². The Bertz CT molecular complexity index is 1270. The van der Waals surface area contributed by atoms with Crippen LogP contribution in [0.5, 0.6) is 5.75 Å². The standard InChI is InChI=1S/C26H24ClN3O2/c1-18-11-12-20(27)16-24(18)30-17-19(15-25(30)31)26-28-22-9-5-6-10-23(22)29(26)13-14-32-21-7-3-2-4-8-21/h2-12,16,19H,13-15,17H2,1H3. The average molecular weight is 446 g/mol. The first-order chi connectivity index (χ1) is 15.6. The summed E-state index contributed by atoms with van der Waals surface area (Å²) in [7, 11) is 0. The lowest BCUT2D eigenvalue weighted by molar-refractivity contribution is -0.117. The van der Waals surface area contributed by atoms with Crippen LogP contribution in [0.25, 0.3) is 11.0 Å². The summed E-state index contributed by atoms with van der Waals surface area (Å²) in [6.07, 6.45) is 0.425. The molecule has 1 atom stereocenters. The molecule has 4 aromatic rings. The first-order valence-electron chi connectivity index (χ1n) is 10.8. The van der Waals surface area contributed by atoms with E-state index in [-0.39, 0.29) is 11.8 Å². The topological polar surface area (TPSA) is 47.4 Å². The van der Waals surface area contributed by atoms with Gasteiger partial charge in [0, 0.05) is 29.6 Å². The van der Waals surface area contributed by atoms with Crippen LogP contribution in [-0.2, 0) is 11.3 Å². The van der Waals surface area contributed by atoms with E-state index in [1.54, 1.807) is 0 Å². The van der Waals surface area contributed by atoms with Crippen LogP contribution in [0.15, 0.2) is 72.8 Å². The molecule has 1 unspecified atom stereocenters. The number of benzene rings is 3. The van der Waals surface area contributed by atoms with Crippen LogP contribution in [0.3, 0.4) is 0 Å². The van der Waals surface area contributed by atoms with Crippen molar-refractivity contribution in [3.8, 4) is 5.75 Å². The minimum atomic E-state index is 0.00464. The SMILES string of the molecule is Cc1ccc(Cl)cc1N1CC(c2nc3ccccc3n2CCOc2ccccc2)CC1=O. The van der Waals surface area contributed by atoms with Gasteiger partial charge in [-0.05, 0) is 48.9 Å². The second-order valence-electron chi connectivity index (χ2n) is 8.11. The van der Waals surface area contributed by atoms with Crippen molar-refractivity contribution in [1.29, 1.82) is 0 Å². The molecule has 0 radical (unpaired) electrons. The highest BCUT2D eigenvalue weighted by molar-refractivity contribution is 6.31. The summed E-state index contributed by atoms with van der Waals surface area (Å²) in [5, 5.41) is 0.632. The summed E-state index contributed by atoms with van der Waals surface area (Å²) in [6.45, 7) is 3.77. The number of carbonyl (C=O) groups is 1. The van der Waals surface area contributed by atoms with Crippen molar-refractivity contribution in [2.24, 2.45) is 0 Å². The molecule has 1 fully saturated rings. The minimum Gasteiger partial charge on any atom is -0.492 e. The summed E-state index contributed by atoms with van der Waals surface area (Å²) in [6, 6.07) is 23.6. The van der Waals surface area contributed by atoms with Crippen molar-refractivity contribution in [1.82, 2.24) is 9.55 Å². The fourth-order valence-corrected chi connectivity index (χ4v) is 4.57. The van der Waals surface area contributed by atoms with Crippen LogP contribution in [-0.4, -0.2) is 28.6 Å². The zero-order valence-corrected chi connectivity index (χ0v) is 18.6. The predicted molar refractivity (Wildman–Crippen MR) is 128 cm³/mol. The van der Waals surface area contributed by atoms with E-state index in [1.165, 1.54) is 0 Å². The fourth-order valence-electron chi connectivity index (χ4n) is 4.40. The van der Waals surface area contributed by atoms with Gasteiger partial charge in [0.2, 0.25) is 5.91 Å². The van der Waals surface area contributed by atoms with Gasteiger partial charge in [-0.15, -0.1) is 0 Å². The maximum atomic E-state index is 13.0. The monoisotopic (exact) mass is 445 g/mol. The van der Waals surface area contributed by atoms with Gasteiger partial charge in [0.05, 0.1) is 17.6 Å². The van der Waals surface area contributed by atoms with E-state index in [2.05, 4.69) is 10.6 Å². The molecule has 6 heteroatoms. The normalized spacial score (nSPS) is 16.1. The molecule has 2 heterocycles. The Hall–Kier alpha value is -3.31. The first kappa shape index (κ1) is 20.6. The maximum Gasteiger partial charge on any atom is 0.227 e. The number of fused-ring (bicyclic) bond motifs is 1. The van der Waals surface area contributed by atoms with Gasteiger partial charge in [0.1, 0.15) is 18.2 Å². The highest BCUT2D eigenvalue weighted by Gasteiger charge is 2.35. The van der Waals surface area contributed by atoms with Gasteiger partial charge in [-0.2, -0.15) is 0 Å². The third-order valence-corrected chi connectivity index (χ3v) is 6.20. The summed E-state index contributed by atoms with van der Waals surface area (Å²) >= 11 is 6.21. The van der Waals surface area contributed by atoms with Crippen molar-refractivity contribution in [2.45, 2.75) is 25.8 Å². The molecule has 0 bridgehead atoms. The van der Waals surface area contributed by atoms with E-state index in [1.807, 2.05) is 78.6 Å². The van der Waals surface area contributed by atoms with Crippen LogP contribution >= 0.6 is 11.6 Å². The van der Waals surface area contributed by atoms with E-state index >= 15 is 0 Å². The Kier molecular flexibility index (Phi) is 5.58. The smallest absolute Gasteiger partial charge is 0.227 e. The van der Waals surface area contributed by atoms with Crippen molar-refractivity contribution in [3.05, 3.63) is 89.2 Å². The summed E-state index contributed by atoms with van der Waals surface area (Å²) in [5.74, 6) is 1.88. The number of para-hydroxylation sites is 3. The van der Waals surface area contributed by atoms with Gasteiger partial charge < -0.3 is 14.2 Å². The molecular formula is C26H24ClN3O2. The third kappa shape index (κ3) is 3.96. The molecule has 5 rings (SSSR count). The molecule has 5 nitrogen and oxygen atoms in total. The molecule has 0 spiro atoms. The molecular weight excluding hydrogens is 422 g/mol. The number of halogens is 1. The minimum absolute atomic E-state index is 0.00464. The number of nitrogens with zero attached hydrogens (tertiary/aromatic N) is 3. The van der Waals surface area contributed by atoms with Gasteiger partial charge in [0.15, 0.2) is 0 Å². The number of aromatic nitrogens is 2. The molecule has 0 N–H and O–H groups in total. The van der Waals surface area contributed by atoms with E-state index < -0.39 is 0 Å². The van der Waals surface area contributed by atoms with Crippen molar-refractivity contribution >= 4 is 34.2 Å². The molecule has 1 aliphatic rings. The number of hydrogen-bond acceptors (Lipinski definition) is 3. The van der Waals surface area contributed by atoms with Crippen molar-refractivity contribution < 1.29 is 9.53 Å². The van der Waals surface area contributed by atoms with Gasteiger partial charge in [0.25, 0.3) is 0 Å². The lowest BCUT2D eigenvalue weighted by Gasteiger charge is -2.20. The predicted octanol–water partition coefficient (Wildman–Crippen LogP) is 5.60. The fraction of sp³-hybridized carbons (Fsp3) is 0.231. The van der Waals surface area contributed by atoms with Crippen LogP contribution in [0.4, 0.5) is 5.69 Å². The second kappa shape index (κ2) is 8.67. The zero-order chi connectivity index (χ0) is 22.1. The third-order valence-electron chi connectivity index (χ3n) is 5.96. The highest BCUT2D eigenvalue weighted by atomic mass is 35.5. The molecule has 1 aliphatic heterocycles. The number of aryl methyl sites for hydroxylation is 1. The second-order valence-corrected chi connectivity index (χ2v) is 8.54. The Balaban J connectivity index is 1.43. The Labute approximate surface area is 192 Å². The molecule has 1 aromatic heterocycles. The highest BCUT2D eigenvalue weighted by Crippen LogP contribution is 2.35. The number of imidazole rings is 1. The Morgan fingerprint density at radius 3 is 2.69 bits per heavy atom. The van der Waals surface area contributed by atoms with Gasteiger partial charge >= 0.3 is 0 Å². The van der Waals surface area contributed by atoms with Crippen LogP contribution < -0.4 is 9.64 Å². The Morgan fingerprint density at radius 2 is 1.84 bits per heavy atom. The molecule has 0 aliphatic carbocycles. The summed E-state index contributed by atoms with van der Waals surface area (Å²) < 4.78 is 8.14. The van der Waals surface area contributed by atoms with Gasteiger partial charge in [-0.25, -0.2) is 4.98 Å². The van der Waals surface area contributed by atoms with Crippen molar-refractivity contribution in [3.63, 3.8) is 0 Å². The number of rotatable bonds is 6. The molecule has 162 valence electrons. The van der Waals surface area contributed by atoms with Crippen LogP contribution in [0.2, 0.25) is 5.02 Å². The quantitative estimate of drug-likeness (QED) is 0.388. The molecule has 1 saturated heterocycles. The summed E-state index contributed by atoms with van der Waals surface area (Å²) in [5.41, 5.74) is 3.91. The first-order valence-corrected chi connectivity index (χ1v) is 11.2. The van der Waals surface area contributed by atoms with E-state index in [0.29, 0.717) is 31.1 Å². The van der Waals surface area contributed by atoms with Gasteiger partial charge in [-0.3, -0.25) is 4.79 Å². The number of anilines is 1. The number of hydrogen-bond donors (Lipinski definition) is 0. The van der Waals surface area contributed by atoms with Crippen LogP contribution in [0, 0.1) is 6.92 Å².